The number of benzene rings is 2. The summed E-state index contributed by atoms with van der Waals surface area (Å²) in [7, 11) is 1.50. The predicted octanol–water partition coefficient (Wildman–Crippen LogP) is 4.29. The highest BCUT2D eigenvalue weighted by atomic mass is 19.1. The number of hydrogen-bond acceptors (Lipinski definition) is 5. The van der Waals surface area contributed by atoms with E-state index >= 15 is 0 Å². The van der Waals surface area contributed by atoms with E-state index < -0.39 is 5.82 Å². The highest BCUT2D eigenvalue weighted by molar-refractivity contribution is 6.00. The van der Waals surface area contributed by atoms with Crippen LogP contribution >= 0.6 is 0 Å². The zero-order chi connectivity index (χ0) is 20.2. The zero-order valence-electron chi connectivity index (χ0n) is 16.4. The summed E-state index contributed by atoms with van der Waals surface area (Å²) in [6, 6.07) is 12.6. The summed E-state index contributed by atoms with van der Waals surface area (Å²) in [5.74, 6) is 0.723. The molecular formula is C22H24F2N4O. The number of rotatable bonds is 6. The summed E-state index contributed by atoms with van der Waals surface area (Å²) in [6.45, 7) is 1.82. The number of hydrogen-bond donors (Lipinski definition) is 1. The lowest BCUT2D eigenvalue weighted by Crippen LogP contribution is -2.43. The van der Waals surface area contributed by atoms with Gasteiger partial charge in [-0.15, -0.1) is 10.2 Å². The highest BCUT2D eigenvalue weighted by Crippen LogP contribution is 2.33. The fourth-order valence-electron chi connectivity index (χ4n) is 3.91. The smallest absolute Gasteiger partial charge is 0.156 e. The summed E-state index contributed by atoms with van der Waals surface area (Å²) in [5.41, 5.74) is 0.877. The van der Waals surface area contributed by atoms with Crippen molar-refractivity contribution in [2.75, 3.05) is 38.7 Å². The van der Waals surface area contributed by atoms with Crippen molar-refractivity contribution in [1.29, 1.82) is 0 Å². The van der Waals surface area contributed by atoms with E-state index in [4.69, 9.17) is 4.74 Å². The maximum Gasteiger partial charge on any atom is 0.156 e. The minimum atomic E-state index is -0.404. The van der Waals surface area contributed by atoms with Gasteiger partial charge in [0.2, 0.25) is 0 Å². The van der Waals surface area contributed by atoms with Crippen molar-refractivity contribution in [3.63, 3.8) is 0 Å². The van der Waals surface area contributed by atoms with Crippen molar-refractivity contribution in [3.05, 3.63) is 48.3 Å². The molecule has 152 valence electrons. The van der Waals surface area contributed by atoms with Crippen LogP contribution in [0.4, 0.5) is 14.6 Å². The van der Waals surface area contributed by atoms with E-state index in [0.717, 1.165) is 36.7 Å². The minimum Gasteiger partial charge on any atom is -0.497 e. The summed E-state index contributed by atoms with van der Waals surface area (Å²) in [4.78, 5) is 2.12. The number of piperidine rings is 1. The van der Waals surface area contributed by atoms with E-state index in [2.05, 4.69) is 20.4 Å². The fraction of sp³-hybridized carbons (Fsp3) is 0.364. The van der Waals surface area contributed by atoms with E-state index in [9.17, 15) is 8.78 Å². The van der Waals surface area contributed by atoms with Crippen LogP contribution in [0.3, 0.4) is 0 Å². The Morgan fingerprint density at radius 3 is 2.76 bits per heavy atom. The van der Waals surface area contributed by atoms with Crippen LogP contribution in [0, 0.1) is 5.82 Å². The molecule has 0 bridgehead atoms. The number of nitrogens with zero attached hydrogens (tertiary/aromatic N) is 3. The van der Waals surface area contributed by atoms with Crippen molar-refractivity contribution in [1.82, 2.24) is 15.1 Å². The van der Waals surface area contributed by atoms with Gasteiger partial charge in [-0.2, -0.15) is 0 Å². The molecule has 1 fully saturated rings. The molecule has 1 atom stereocenters. The number of ether oxygens (including phenoxy) is 1. The van der Waals surface area contributed by atoms with E-state index in [1.165, 1.54) is 13.2 Å². The van der Waals surface area contributed by atoms with E-state index in [1.54, 1.807) is 12.1 Å². The van der Waals surface area contributed by atoms with Crippen molar-refractivity contribution < 1.29 is 13.5 Å². The van der Waals surface area contributed by atoms with Crippen molar-refractivity contribution in [3.8, 4) is 17.0 Å². The Balaban J connectivity index is 1.67. The Kier molecular flexibility index (Phi) is 5.85. The van der Waals surface area contributed by atoms with Gasteiger partial charge in [-0.3, -0.25) is 4.90 Å². The zero-order valence-corrected chi connectivity index (χ0v) is 16.4. The molecule has 0 amide bonds. The predicted molar refractivity (Wildman–Crippen MR) is 111 cm³/mol. The van der Waals surface area contributed by atoms with Crippen molar-refractivity contribution in [2.45, 2.75) is 18.9 Å². The van der Waals surface area contributed by atoms with Crippen LogP contribution in [-0.4, -0.2) is 54.6 Å². The Hall–Kier alpha value is -2.80. The first-order valence-corrected chi connectivity index (χ1v) is 9.84. The molecule has 4 rings (SSSR count). The molecular weight excluding hydrogens is 374 g/mol. The molecule has 7 heteroatoms. The molecule has 5 nitrogen and oxygen atoms in total. The summed E-state index contributed by atoms with van der Waals surface area (Å²) >= 11 is 0. The highest BCUT2D eigenvalue weighted by Gasteiger charge is 2.21. The quantitative estimate of drug-likeness (QED) is 0.671. The molecule has 1 aromatic heterocycles. The molecule has 1 saturated heterocycles. The number of anilines is 1. The van der Waals surface area contributed by atoms with Gasteiger partial charge in [-0.1, -0.05) is 24.3 Å². The average molecular weight is 398 g/mol. The monoisotopic (exact) mass is 398 g/mol. The Bertz CT molecular complexity index is 996. The standard InChI is InChI=1S/C22H24F2N4O/c1-29-16-8-9-19(20(24)13-16)21-17-6-2-3-7-18(17)22(27-26-21)25-15-5-4-11-28(14-15)12-10-23/h2-3,6-9,13,15H,4-5,10-12,14H2,1H3,(H,25,27). The van der Waals surface area contributed by atoms with Crippen molar-refractivity contribution in [2.24, 2.45) is 0 Å². The number of nitrogens with one attached hydrogen (secondary N) is 1. The number of halogens is 2. The number of fused-ring (bicyclic) bond motifs is 1. The van der Waals surface area contributed by atoms with Gasteiger partial charge in [-0.05, 0) is 31.5 Å². The second-order valence-corrected chi connectivity index (χ2v) is 7.26. The second-order valence-electron chi connectivity index (χ2n) is 7.26. The maximum atomic E-state index is 14.6. The molecule has 0 radical (unpaired) electrons. The van der Waals surface area contributed by atoms with E-state index in [1.807, 2.05) is 24.3 Å². The summed E-state index contributed by atoms with van der Waals surface area (Å²) in [5, 5.41) is 13.9. The van der Waals surface area contributed by atoms with Gasteiger partial charge >= 0.3 is 0 Å². The third-order valence-corrected chi connectivity index (χ3v) is 5.37. The molecule has 2 heterocycles. The van der Waals surface area contributed by atoms with Crippen LogP contribution in [-0.2, 0) is 0 Å². The van der Waals surface area contributed by atoms with Gasteiger partial charge in [-0.25, -0.2) is 8.78 Å². The Morgan fingerprint density at radius 1 is 1.17 bits per heavy atom. The Labute approximate surface area is 168 Å². The van der Waals surface area contributed by atoms with Gasteiger partial charge in [0.25, 0.3) is 0 Å². The van der Waals surface area contributed by atoms with Crippen LogP contribution in [0.2, 0.25) is 0 Å². The van der Waals surface area contributed by atoms with Gasteiger partial charge in [0.05, 0.1) is 7.11 Å². The first kappa shape index (κ1) is 19.5. The largest absolute Gasteiger partial charge is 0.497 e. The van der Waals surface area contributed by atoms with E-state index in [0.29, 0.717) is 29.4 Å². The third-order valence-electron chi connectivity index (χ3n) is 5.37. The number of likely N-dealkylation sites (tertiary alicyclic amines) is 1. The maximum absolute atomic E-state index is 14.6. The molecule has 0 aliphatic carbocycles. The SMILES string of the molecule is COc1ccc(-c2nnc(NC3CCCN(CCF)C3)c3ccccc23)c(F)c1. The molecule has 1 unspecified atom stereocenters. The fourth-order valence-corrected chi connectivity index (χ4v) is 3.91. The molecule has 3 aromatic rings. The molecule has 1 aliphatic heterocycles. The lowest BCUT2D eigenvalue weighted by molar-refractivity contribution is 0.200. The van der Waals surface area contributed by atoms with Crippen LogP contribution in [0.15, 0.2) is 42.5 Å². The van der Waals surface area contributed by atoms with Crippen LogP contribution < -0.4 is 10.1 Å². The van der Waals surface area contributed by atoms with Gasteiger partial charge < -0.3 is 10.1 Å². The lowest BCUT2D eigenvalue weighted by Gasteiger charge is -2.32. The van der Waals surface area contributed by atoms with E-state index in [-0.39, 0.29) is 12.7 Å². The normalized spacial score (nSPS) is 17.4. The first-order valence-electron chi connectivity index (χ1n) is 9.84. The second kappa shape index (κ2) is 8.69. The van der Waals surface area contributed by atoms with Gasteiger partial charge in [0, 0.05) is 41.5 Å². The minimum absolute atomic E-state index is 0.177. The molecule has 2 aromatic carbocycles. The first-order chi connectivity index (χ1) is 14.2. The third kappa shape index (κ3) is 4.15. The van der Waals surface area contributed by atoms with Crippen LogP contribution in [0.25, 0.3) is 22.0 Å². The molecule has 0 saturated carbocycles. The van der Waals surface area contributed by atoms with Gasteiger partial charge in [0.15, 0.2) is 5.82 Å². The van der Waals surface area contributed by atoms with Gasteiger partial charge in [0.1, 0.15) is 23.9 Å². The number of methoxy groups -OCH3 is 1. The Morgan fingerprint density at radius 2 is 2.00 bits per heavy atom. The molecule has 1 aliphatic rings. The lowest BCUT2D eigenvalue weighted by atomic mass is 10.0. The summed E-state index contributed by atoms with van der Waals surface area (Å²) in [6.07, 6.45) is 2.01. The topological polar surface area (TPSA) is 50.3 Å². The van der Waals surface area contributed by atoms with Crippen LogP contribution in [0.1, 0.15) is 12.8 Å². The van der Waals surface area contributed by atoms with Crippen LogP contribution in [0.5, 0.6) is 5.75 Å². The average Bonchev–Trinajstić information content (AvgIpc) is 2.75. The molecule has 0 spiro atoms. The number of aromatic nitrogens is 2. The summed E-state index contributed by atoms with van der Waals surface area (Å²) < 4.78 is 32.4. The van der Waals surface area contributed by atoms with Crippen molar-refractivity contribution >= 4 is 16.6 Å². The molecule has 1 N–H and O–H groups in total. The number of alkyl halides is 1. The molecule has 29 heavy (non-hydrogen) atoms.